The Kier molecular flexibility index (Phi) is 4.65. The number of benzene rings is 1. The van der Waals surface area contributed by atoms with E-state index < -0.39 is 0 Å². The van der Waals surface area contributed by atoms with Gasteiger partial charge in [0.2, 0.25) is 0 Å². The maximum atomic E-state index is 12.6. The normalized spacial score (nSPS) is 12.0. The van der Waals surface area contributed by atoms with Crippen LogP contribution in [0.1, 0.15) is 40.3 Å². The van der Waals surface area contributed by atoms with Crippen LogP contribution in [0.15, 0.2) is 48.8 Å². The van der Waals surface area contributed by atoms with Gasteiger partial charge in [-0.25, -0.2) is 0 Å². The lowest BCUT2D eigenvalue weighted by atomic mass is 10.0. The summed E-state index contributed by atoms with van der Waals surface area (Å²) in [7, 11) is 1.91. The molecule has 0 spiro atoms. The third-order valence-corrected chi connectivity index (χ3v) is 4.51. The summed E-state index contributed by atoms with van der Waals surface area (Å²) < 4.78 is 1.84. The number of carbonyl (C=O) groups excluding carboxylic acids is 1. The Morgan fingerprint density at radius 2 is 1.64 bits per heavy atom. The minimum atomic E-state index is -0.0962. The Balaban J connectivity index is 1.75. The van der Waals surface area contributed by atoms with E-state index in [-0.39, 0.29) is 11.9 Å². The molecule has 0 fully saturated rings. The molecule has 0 aliphatic heterocycles. The van der Waals surface area contributed by atoms with E-state index in [1.807, 2.05) is 68.9 Å². The zero-order chi connectivity index (χ0) is 18.0. The largest absolute Gasteiger partial charge is 0.345 e. The highest BCUT2D eigenvalue weighted by Crippen LogP contribution is 2.22. The molecule has 5 heteroatoms. The van der Waals surface area contributed by atoms with Gasteiger partial charge in [-0.15, -0.1) is 0 Å². The van der Waals surface area contributed by atoms with Gasteiger partial charge >= 0.3 is 0 Å². The molecule has 5 nitrogen and oxygen atoms in total. The van der Waals surface area contributed by atoms with Gasteiger partial charge in [0.05, 0.1) is 11.7 Å². The van der Waals surface area contributed by atoms with Gasteiger partial charge in [-0.05, 0) is 56.2 Å². The molecule has 0 saturated carbocycles. The van der Waals surface area contributed by atoms with Crippen LogP contribution in [-0.4, -0.2) is 20.7 Å². The first kappa shape index (κ1) is 16.9. The molecule has 25 heavy (non-hydrogen) atoms. The lowest BCUT2D eigenvalue weighted by Crippen LogP contribution is -2.27. The van der Waals surface area contributed by atoms with Crippen molar-refractivity contribution in [3.05, 3.63) is 71.3 Å². The number of hydrogen-bond acceptors (Lipinski definition) is 3. The third kappa shape index (κ3) is 3.45. The fourth-order valence-electron chi connectivity index (χ4n) is 3.13. The minimum Gasteiger partial charge on any atom is -0.345 e. The maximum Gasteiger partial charge on any atom is 0.251 e. The third-order valence-electron chi connectivity index (χ3n) is 4.51. The lowest BCUT2D eigenvalue weighted by Gasteiger charge is -2.15. The van der Waals surface area contributed by atoms with Gasteiger partial charge in [0.15, 0.2) is 0 Å². The Bertz CT molecular complexity index is 882. The standard InChI is InChI=1S/C20H22N4O/c1-13(19-14(2)23-24(4)15(19)3)22-20(25)18-7-5-16(6-8-18)17-9-11-21-12-10-17/h5-13H,1-4H3,(H,22,25). The van der Waals surface area contributed by atoms with Gasteiger partial charge in [0.25, 0.3) is 5.91 Å². The van der Waals surface area contributed by atoms with Crippen LogP contribution in [0, 0.1) is 13.8 Å². The molecule has 3 rings (SSSR count). The molecule has 1 aromatic carbocycles. The van der Waals surface area contributed by atoms with Crippen LogP contribution in [-0.2, 0) is 7.05 Å². The Hall–Kier alpha value is -2.95. The summed E-state index contributed by atoms with van der Waals surface area (Å²) >= 11 is 0. The predicted molar refractivity (Wildman–Crippen MR) is 98.2 cm³/mol. The maximum absolute atomic E-state index is 12.6. The Labute approximate surface area is 147 Å². The highest BCUT2D eigenvalue weighted by atomic mass is 16.1. The first-order chi connectivity index (χ1) is 12.0. The number of amides is 1. The fraction of sp³-hybridized carbons (Fsp3) is 0.250. The second kappa shape index (κ2) is 6.89. The zero-order valence-electron chi connectivity index (χ0n) is 14.9. The average molecular weight is 334 g/mol. The molecule has 0 aliphatic rings. The molecule has 128 valence electrons. The van der Waals surface area contributed by atoms with Crippen molar-refractivity contribution < 1.29 is 4.79 Å². The molecule has 0 radical (unpaired) electrons. The SMILES string of the molecule is Cc1nn(C)c(C)c1C(C)NC(=O)c1ccc(-c2ccncc2)cc1. The molecule has 0 bridgehead atoms. The van der Waals surface area contributed by atoms with Crippen LogP contribution in [0.25, 0.3) is 11.1 Å². The number of rotatable bonds is 4. The monoisotopic (exact) mass is 334 g/mol. The van der Waals surface area contributed by atoms with Crippen molar-refractivity contribution in [2.45, 2.75) is 26.8 Å². The zero-order valence-corrected chi connectivity index (χ0v) is 14.9. The summed E-state index contributed by atoms with van der Waals surface area (Å²) in [5.74, 6) is -0.0866. The van der Waals surface area contributed by atoms with E-state index >= 15 is 0 Å². The lowest BCUT2D eigenvalue weighted by molar-refractivity contribution is 0.0940. The van der Waals surface area contributed by atoms with E-state index in [0.29, 0.717) is 5.56 Å². The minimum absolute atomic E-state index is 0.0866. The van der Waals surface area contributed by atoms with E-state index in [1.54, 1.807) is 12.4 Å². The fourth-order valence-corrected chi connectivity index (χ4v) is 3.13. The van der Waals surface area contributed by atoms with Gasteiger partial charge in [-0.3, -0.25) is 14.5 Å². The van der Waals surface area contributed by atoms with Gasteiger partial charge in [-0.1, -0.05) is 12.1 Å². The summed E-state index contributed by atoms with van der Waals surface area (Å²) in [5.41, 5.74) is 5.87. The number of nitrogens with one attached hydrogen (secondary N) is 1. The smallest absolute Gasteiger partial charge is 0.251 e. The predicted octanol–water partition coefficient (Wildman–Crippen LogP) is 3.59. The number of hydrogen-bond donors (Lipinski definition) is 1. The summed E-state index contributed by atoms with van der Waals surface area (Å²) in [4.78, 5) is 16.6. The molecule has 2 aromatic heterocycles. The molecular weight excluding hydrogens is 312 g/mol. The quantitative estimate of drug-likeness (QED) is 0.793. The molecule has 1 unspecified atom stereocenters. The molecule has 1 atom stereocenters. The molecule has 0 aliphatic carbocycles. The van der Waals surface area contributed by atoms with E-state index in [9.17, 15) is 4.79 Å². The van der Waals surface area contributed by atoms with Gasteiger partial charge < -0.3 is 5.32 Å². The van der Waals surface area contributed by atoms with Crippen molar-refractivity contribution >= 4 is 5.91 Å². The van der Waals surface area contributed by atoms with Crippen molar-refractivity contribution in [2.75, 3.05) is 0 Å². The number of nitrogens with zero attached hydrogens (tertiary/aromatic N) is 3. The Morgan fingerprint density at radius 1 is 1.04 bits per heavy atom. The van der Waals surface area contributed by atoms with Crippen LogP contribution in [0.5, 0.6) is 0 Å². The summed E-state index contributed by atoms with van der Waals surface area (Å²) in [6.45, 7) is 5.97. The van der Waals surface area contributed by atoms with Gasteiger partial charge in [-0.2, -0.15) is 5.10 Å². The molecular formula is C20H22N4O. The molecule has 0 saturated heterocycles. The van der Waals surface area contributed by atoms with Gasteiger partial charge in [0.1, 0.15) is 0 Å². The average Bonchev–Trinajstić information content (AvgIpc) is 2.88. The summed E-state index contributed by atoms with van der Waals surface area (Å²) in [6, 6.07) is 11.4. The van der Waals surface area contributed by atoms with Crippen LogP contribution >= 0.6 is 0 Å². The number of pyridine rings is 1. The van der Waals surface area contributed by atoms with Crippen molar-refractivity contribution in [3.63, 3.8) is 0 Å². The second-order valence-corrected chi connectivity index (χ2v) is 6.22. The van der Waals surface area contributed by atoms with Crippen LogP contribution < -0.4 is 5.32 Å². The van der Waals surface area contributed by atoms with Crippen molar-refractivity contribution in [2.24, 2.45) is 7.05 Å². The second-order valence-electron chi connectivity index (χ2n) is 6.22. The van der Waals surface area contributed by atoms with E-state index in [2.05, 4.69) is 15.4 Å². The van der Waals surface area contributed by atoms with Crippen molar-refractivity contribution in [3.8, 4) is 11.1 Å². The Morgan fingerprint density at radius 3 is 2.20 bits per heavy atom. The van der Waals surface area contributed by atoms with E-state index in [1.165, 1.54) is 0 Å². The van der Waals surface area contributed by atoms with Crippen LogP contribution in [0.3, 0.4) is 0 Å². The van der Waals surface area contributed by atoms with Gasteiger partial charge in [0, 0.05) is 36.3 Å². The van der Waals surface area contributed by atoms with E-state index in [4.69, 9.17) is 0 Å². The van der Waals surface area contributed by atoms with Crippen LogP contribution in [0.4, 0.5) is 0 Å². The molecule has 3 aromatic rings. The van der Waals surface area contributed by atoms with E-state index in [0.717, 1.165) is 28.1 Å². The first-order valence-electron chi connectivity index (χ1n) is 8.29. The molecule has 1 amide bonds. The van der Waals surface area contributed by atoms with Crippen LogP contribution in [0.2, 0.25) is 0 Å². The number of aryl methyl sites for hydroxylation is 2. The highest BCUT2D eigenvalue weighted by Gasteiger charge is 2.18. The number of aromatic nitrogens is 3. The van der Waals surface area contributed by atoms with Crippen molar-refractivity contribution in [1.29, 1.82) is 0 Å². The number of carbonyl (C=O) groups is 1. The highest BCUT2D eigenvalue weighted by molar-refractivity contribution is 5.95. The molecule has 2 heterocycles. The molecule has 1 N–H and O–H groups in total. The first-order valence-corrected chi connectivity index (χ1v) is 8.29. The topological polar surface area (TPSA) is 59.8 Å². The summed E-state index contributed by atoms with van der Waals surface area (Å²) in [6.07, 6.45) is 3.52. The summed E-state index contributed by atoms with van der Waals surface area (Å²) in [5, 5.41) is 7.48. The van der Waals surface area contributed by atoms with Crippen molar-refractivity contribution in [1.82, 2.24) is 20.1 Å².